The minimum atomic E-state index is -0.706. The van der Waals surface area contributed by atoms with Gasteiger partial charge in [-0.25, -0.2) is 9.36 Å². The molecule has 3 aromatic rings. The van der Waals surface area contributed by atoms with Crippen LogP contribution < -0.4 is 0 Å². The van der Waals surface area contributed by atoms with Crippen LogP contribution >= 0.6 is 0 Å². The molecule has 0 atom stereocenters. The number of rotatable bonds is 3. The summed E-state index contributed by atoms with van der Waals surface area (Å²) in [4.78, 5) is 23.5. The maximum atomic E-state index is 12.3. The molecule has 0 aliphatic carbocycles. The maximum absolute atomic E-state index is 12.3. The molecule has 3 rings (SSSR count). The standard InChI is InChI=1S/C17H13NO4/c19-10-15-16(20)13-8-4-5-9-14(13)18(15)17(21)22-11-12-6-2-1-3-7-12/h1-10,20H,11H2. The summed E-state index contributed by atoms with van der Waals surface area (Å²) in [6.45, 7) is 0.0885. The van der Waals surface area contributed by atoms with Crippen molar-refractivity contribution < 1.29 is 19.4 Å². The van der Waals surface area contributed by atoms with Crippen molar-refractivity contribution in [1.82, 2.24) is 4.57 Å². The Morgan fingerprint density at radius 1 is 1.09 bits per heavy atom. The van der Waals surface area contributed by atoms with E-state index in [2.05, 4.69) is 0 Å². The van der Waals surface area contributed by atoms with E-state index in [0.29, 0.717) is 17.2 Å². The summed E-state index contributed by atoms with van der Waals surface area (Å²) >= 11 is 0. The highest BCUT2D eigenvalue weighted by Gasteiger charge is 2.21. The summed E-state index contributed by atoms with van der Waals surface area (Å²) in [6, 6.07) is 15.9. The molecule has 0 bridgehead atoms. The summed E-state index contributed by atoms with van der Waals surface area (Å²) in [6.07, 6.45) is -0.262. The Bertz CT molecular complexity index is 836. The third kappa shape index (κ3) is 2.33. The van der Waals surface area contributed by atoms with E-state index in [4.69, 9.17) is 4.74 Å². The van der Waals surface area contributed by atoms with Crippen molar-refractivity contribution in [2.24, 2.45) is 0 Å². The molecule has 110 valence electrons. The number of hydrogen-bond acceptors (Lipinski definition) is 4. The molecule has 1 N–H and O–H groups in total. The smallest absolute Gasteiger partial charge is 0.419 e. The van der Waals surface area contributed by atoms with Crippen molar-refractivity contribution in [3.63, 3.8) is 0 Å². The van der Waals surface area contributed by atoms with Crippen LogP contribution in [-0.4, -0.2) is 22.1 Å². The zero-order chi connectivity index (χ0) is 15.5. The zero-order valence-electron chi connectivity index (χ0n) is 11.6. The van der Waals surface area contributed by atoms with Crippen LogP contribution in [0, 0.1) is 0 Å². The first-order chi connectivity index (χ1) is 10.7. The van der Waals surface area contributed by atoms with E-state index in [1.54, 1.807) is 24.3 Å². The normalized spacial score (nSPS) is 10.5. The molecule has 22 heavy (non-hydrogen) atoms. The lowest BCUT2D eigenvalue weighted by Gasteiger charge is -2.07. The number of carbonyl (C=O) groups is 2. The lowest BCUT2D eigenvalue weighted by molar-refractivity contribution is 0.110. The average molecular weight is 295 g/mol. The fourth-order valence-electron chi connectivity index (χ4n) is 2.33. The number of aromatic hydroxyl groups is 1. The highest BCUT2D eigenvalue weighted by Crippen LogP contribution is 2.31. The molecule has 1 aromatic heterocycles. The third-order valence-electron chi connectivity index (χ3n) is 3.38. The quantitative estimate of drug-likeness (QED) is 0.752. The highest BCUT2D eigenvalue weighted by molar-refractivity contribution is 6.02. The van der Waals surface area contributed by atoms with Crippen molar-refractivity contribution in [1.29, 1.82) is 0 Å². The SMILES string of the molecule is O=Cc1c(O)c2ccccc2n1C(=O)OCc1ccccc1. The third-order valence-corrected chi connectivity index (χ3v) is 3.38. The number of para-hydroxylation sites is 1. The van der Waals surface area contributed by atoms with E-state index in [9.17, 15) is 14.7 Å². The molecule has 2 aromatic carbocycles. The highest BCUT2D eigenvalue weighted by atomic mass is 16.5. The van der Waals surface area contributed by atoms with Gasteiger partial charge in [-0.2, -0.15) is 0 Å². The van der Waals surface area contributed by atoms with Gasteiger partial charge in [0.05, 0.1) is 5.52 Å². The molecule has 0 saturated heterocycles. The van der Waals surface area contributed by atoms with Gasteiger partial charge in [0.2, 0.25) is 0 Å². The Kier molecular flexibility index (Phi) is 3.62. The summed E-state index contributed by atoms with van der Waals surface area (Å²) < 4.78 is 6.32. The fraction of sp³-hybridized carbons (Fsp3) is 0.0588. The average Bonchev–Trinajstić information content (AvgIpc) is 2.86. The van der Waals surface area contributed by atoms with Gasteiger partial charge >= 0.3 is 6.09 Å². The second-order valence-electron chi connectivity index (χ2n) is 4.74. The Morgan fingerprint density at radius 3 is 2.50 bits per heavy atom. The molecule has 0 spiro atoms. The number of aromatic nitrogens is 1. The van der Waals surface area contributed by atoms with Gasteiger partial charge in [0.15, 0.2) is 12.0 Å². The van der Waals surface area contributed by atoms with Crippen LogP contribution in [0.4, 0.5) is 4.79 Å². The molecule has 0 fully saturated rings. The molecule has 5 nitrogen and oxygen atoms in total. The first kappa shape index (κ1) is 13.9. The second-order valence-corrected chi connectivity index (χ2v) is 4.74. The van der Waals surface area contributed by atoms with Gasteiger partial charge in [0.1, 0.15) is 12.3 Å². The molecule has 0 aliphatic rings. The van der Waals surface area contributed by atoms with Crippen molar-refractivity contribution >= 4 is 23.3 Å². The zero-order valence-corrected chi connectivity index (χ0v) is 11.6. The fourth-order valence-corrected chi connectivity index (χ4v) is 2.33. The van der Waals surface area contributed by atoms with Crippen LogP contribution in [0.3, 0.4) is 0 Å². The molecule has 0 aliphatic heterocycles. The lowest BCUT2D eigenvalue weighted by atomic mass is 10.2. The molecule has 0 amide bonds. The molecular weight excluding hydrogens is 282 g/mol. The van der Waals surface area contributed by atoms with Gasteiger partial charge in [0.25, 0.3) is 0 Å². The van der Waals surface area contributed by atoms with Gasteiger partial charge in [0, 0.05) is 5.39 Å². The van der Waals surface area contributed by atoms with Gasteiger partial charge in [-0.05, 0) is 17.7 Å². The second kappa shape index (κ2) is 5.73. The molecular formula is C17H13NO4. The Hall–Kier alpha value is -3.08. The Morgan fingerprint density at radius 2 is 1.77 bits per heavy atom. The number of hydrogen-bond donors (Lipinski definition) is 1. The monoisotopic (exact) mass is 295 g/mol. The predicted molar refractivity (Wildman–Crippen MR) is 81.0 cm³/mol. The van der Waals surface area contributed by atoms with E-state index < -0.39 is 6.09 Å². The van der Waals surface area contributed by atoms with E-state index >= 15 is 0 Å². The van der Waals surface area contributed by atoms with Crippen LogP contribution in [0.1, 0.15) is 16.1 Å². The van der Waals surface area contributed by atoms with Crippen molar-refractivity contribution in [2.45, 2.75) is 6.61 Å². The van der Waals surface area contributed by atoms with E-state index in [-0.39, 0.29) is 18.1 Å². The lowest BCUT2D eigenvalue weighted by Crippen LogP contribution is -2.15. The van der Waals surface area contributed by atoms with Gasteiger partial charge in [-0.3, -0.25) is 4.79 Å². The largest absolute Gasteiger partial charge is 0.505 e. The number of aldehydes is 1. The van der Waals surface area contributed by atoms with Gasteiger partial charge in [-0.1, -0.05) is 42.5 Å². The minimum Gasteiger partial charge on any atom is -0.505 e. The van der Waals surface area contributed by atoms with Gasteiger partial charge in [-0.15, -0.1) is 0 Å². The van der Waals surface area contributed by atoms with Crippen LogP contribution in [0.2, 0.25) is 0 Å². The first-order valence-electron chi connectivity index (χ1n) is 6.71. The number of nitrogens with zero attached hydrogens (tertiary/aromatic N) is 1. The predicted octanol–water partition coefficient (Wildman–Crippen LogP) is 3.34. The summed E-state index contributed by atoms with van der Waals surface area (Å²) in [7, 11) is 0. The molecule has 0 saturated carbocycles. The van der Waals surface area contributed by atoms with Crippen LogP contribution in [-0.2, 0) is 11.3 Å². The van der Waals surface area contributed by atoms with Crippen molar-refractivity contribution in [3.05, 3.63) is 65.9 Å². The number of ether oxygens (including phenoxy) is 1. The van der Waals surface area contributed by atoms with Gasteiger partial charge < -0.3 is 9.84 Å². The number of benzene rings is 2. The van der Waals surface area contributed by atoms with E-state index in [1.165, 1.54) is 0 Å². The summed E-state index contributed by atoms with van der Waals surface area (Å²) in [5.74, 6) is -0.220. The van der Waals surface area contributed by atoms with E-state index in [0.717, 1.165) is 10.1 Å². The molecule has 5 heteroatoms. The Labute approximate surface area is 126 Å². The summed E-state index contributed by atoms with van der Waals surface area (Å²) in [5, 5.41) is 10.5. The first-order valence-corrected chi connectivity index (χ1v) is 6.71. The van der Waals surface area contributed by atoms with Crippen LogP contribution in [0.25, 0.3) is 10.9 Å². The minimum absolute atomic E-state index is 0.0885. The Balaban J connectivity index is 1.95. The molecule has 1 heterocycles. The van der Waals surface area contributed by atoms with Crippen LogP contribution in [0.5, 0.6) is 5.75 Å². The number of carbonyl (C=O) groups excluding carboxylic acids is 2. The topological polar surface area (TPSA) is 68.5 Å². The van der Waals surface area contributed by atoms with E-state index in [1.807, 2.05) is 30.3 Å². The van der Waals surface area contributed by atoms with Crippen LogP contribution in [0.15, 0.2) is 54.6 Å². The molecule has 0 radical (unpaired) electrons. The molecule has 0 unspecified atom stereocenters. The number of fused-ring (bicyclic) bond motifs is 1. The summed E-state index contributed by atoms with van der Waals surface area (Å²) in [5.41, 5.74) is 1.16. The maximum Gasteiger partial charge on any atom is 0.419 e. The van der Waals surface area contributed by atoms with Crippen molar-refractivity contribution in [2.75, 3.05) is 0 Å². The van der Waals surface area contributed by atoms with Crippen molar-refractivity contribution in [3.8, 4) is 5.75 Å².